The first kappa shape index (κ1) is 23.9. The number of amides is 2. The molecule has 0 saturated carbocycles. The van der Waals surface area contributed by atoms with E-state index in [9.17, 15) is 26.8 Å². The molecule has 0 radical (unpaired) electrons. The Kier molecular flexibility index (Phi) is 6.98. The molecule has 0 bridgehead atoms. The molecule has 1 fully saturated rings. The molecule has 2 aliphatic heterocycles. The summed E-state index contributed by atoms with van der Waals surface area (Å²) in [5.41, 5.74) is -0.198. The average Bonchev–Trinajstić information content (AvgIpc) is 2.84. The first-order valence-corrected chi connectivity index (χ1v) is 12.1. The van der Waals surface area contributed by atoms with Gasteiger partial charge >= 0.3 is 5.76 Å². The molecule has 9 nitrogen and oxygen atoms in total. The van der Waals surface area contributed by atoms with Crippen LogP contribution in [0.25, 0.3) is 0 Å². The average molecular weight is 496 g/mol. The highest BCUT2D eigenvalue weighted by Gasteiger charge is 2.33. The van der Waals surface area contributed by atoms with Crippen molar-refractivity contribution in [2.24, 2.45) is 0 Å². The van der Waals surface area contributed by atoms with Gasteiger partial charge in [-0.1, -0.05) is 24.3 Å². The summed E-state index contributed by atoms with van der Waals surface area (Å²) in [6.45, 7) is 1.56. The Labute approximate surface area is 195 Å². The van der Waals surface area contributed by atoms with Crippen LogP contribution in [-0.2, 0) is 19.4 Å². The Hall–Kier alpha value is -3.25. The third kappa shape index (κ3) is 5.12. The summed E-state index contributed by atoms with van der Waals surface area (Å²) in [5, 5.41) is 2.40. The molecular weight excluding hydrogens is 472 g/mol. The van der Waals surface area contributed by atoms with Gasteiger partial charge in [-0.05, 0) is 24.3 Å². The van der Waals surface area contributed by atoms with Crippen LogP contribution in [0.4, 0.5) is 14.5 Å². The van der Waals surface area contributed by atoms with Gasteiger partial charge in [-0.3, -0.25) is 14.5 Å². The van der Waals surface area contributed by atoms with E-state index in [0.717, 1.165) is 6.07 Å². The summed E-state index contributed by atoms with van der Waals surface area (Å²) in [4.78, 5) is 28.1. The van der Waals surface area contributed by atoms with Crippen LogP contribution in [0.2, 0.25) is 0 Å². The van der Waals surface area contributed by atoms with E-state index < -0.39 is 32.5 Å². The zero-order chi connectivity index (χ0) is 24.3. The molecule has 0 unspecified atom stereocenters. The van der Waals surface area contributed by atoms with E-state index in [4.69, 9.17) is 9.47 Å². The Bertz CT molecular complexity index is 1170. The van der Waals surface area contributed by atoms with Crippen molar-refractivity contribution < 1.29 is 36.3 Å². The van der Waals surface area contributed by atoms with Gasteiger partial charge in [0.05, 0.1) is 17.1 Å². The minimum absolute atomic E-state index is 0.0818. The molecule has 4 rings (SSSR count). The van der Waals surface area contributed by atoms with Gasteiger partial charge in [0.1, 0.15) is 6.61 Å². The zero-order valence-electron chi connectivity index (χ0n) is 18.0. The quantitative estimate of drug-likeness (QED) is 0.649. The van der Waals surface area contributed by atoms with E-state index >= 15 is 0 Å². The summed E-state index contributed by atoms with van der Waals surface area (Å²) >= 11 is 0. The minimum Gasteiger partial charge on any atom is -0.485 e. The molecule has 2 aliphatic rings. The van der Waals surface area contributed by atoms with Gasteiger partial charge < -0.3 is 19.7 Å². The van der Waals surface area contributed by atoms with Gasteiger partial charge in [0, 0.05) is 26.2 Å². The van der Waals surface area contributed by atoms with E-state index in [1.165, 1.54) is 18.2 Å². The summed E-state index contributed by atoms with van der Waals surface area (Å²) in [7, 11) is -4.86. The second-order valence-corrected chi connectivity index (χ2v) is 9.70. The number of piperazine rings is 1. The number of ether oxygens (including phenoxy) is 2. The van der Waals surface area contributed by atoms with Gasteiger partial charge in [0.25, 0.3) is 5.91 Å². The van der Waals surface area contributed by atoms with Gasteiger partial charge in [-0.25, -0.2) is 8.42 Å². The summed E-state index contributed by atoms with van der Waals surface area (Å²) in [6.07, 6.45) is -0.752. The molecule has 1 saturated heterocycles. The molecular formula is C22H23F2N3O6S. The monoisotopic (exact) mass is 495 g/mol. The minimum atomic E-state index is -4.86. The number of anilines is 1. The van der Waals surface area contributed by atoms with E-state index in [-0.39, 0.29) is 24.7 Å². The van der Waals surface area contributed by atoms with Crippen molar-refractivity contribution in [3.05, 3.63) is 48.5 Å². The largest absolute Gasteiger partial charge is 0.485 e. The number of fused-ring (bicyclic) bond motifs is 1. The van der Waals surface area contributed by atoms with Crippen LogP contribution in [0.3, 0.4) is 0 Å². The van der Waals surface area contributed by atoms with E-state index in [1.54, 1.807) is 28.0 Å². The van der Waals surface area contributed by atoms with Crippen molar-refractivity contribution >= 4 is 27.3 Å². The van der Waals surface area contributed by atoms with Gasteiger partial charge in [-0.15, -0.1) is 0 Å². The number of halogens is 2. The van der Waals surface area contributed by atoms with Crippen molar-refractivity contribution in [3.63, 3.8) is 0 Å². The third-order valence-electron chi connectivity index (χ3n) is 5.54. The van der Waals surface area contributed by atoms with Crippen molar-refractivity contribution in [3.8, 4) is 11.5 Å². The molecule has 12 heteroatoms. The normalized spacial score (nSPS) is 18.6. The predicted octanol–water partition coefficient (Wildman–Crippen LogP) is 1.61. The summed E-state index contributed by atoms with van der Waals surface area (Å²) in [6, 6.07) is 12.1. The van der Waals surface area contributed by atoms with E-state index in [0.29, 0.717) is 37.7 Å². The SMILES string of the molecule is O=C(CN1CCN(C(=O)[C@H]2COc3ccccc3O2)CC1)Nc1ccccc1S(=O)(=O)C(F)F. The number of carbonyl (C=O) groups excluding carboxylic acids is 2. The Balaban J connectivity index is 1.30. The second kappa shape index (κ2) is 9.94. The standard InChI is InChI=1S/C22H23F2N3O6S/c23-22(24)34(30,31)19-8-4-1-5-15(19)25-20(28)13-26-9-11-27(12-10-26)21(29)18-14-32-16-6-2-3-7-17(16)33-18/h1-8,18,22H,9-14H2,(H,25,28)/t18-/m1/s1. The number of benzene rings is 2. The summed E-state index contributed by atoms with van der Waals surface area (Å²) in [5.74, 6) is -3.24. The molecule has 2 aromatic carbocycles. The highest BCUT2D eigenvalue weighted by atomic mass is 32.2. The number of hydrogen-bond acceptors (Lipinski definition) is 7. The molecule has 34 heavy (non-hydrogen) atoms. The van der Waals surface area contributed by atoms with Crippen LogP contribution in [0.5, 0.6) is 11.5 Å². The van der Waals surface area contributed by atoms with Crippen LogP contribution in [0, 0.1) is 0 Å². The van der Waals surface area contributed by atoms with Crippen LogP contribution in [0.15, 0.2) is 53.4 Å². The lowest BCUT2D eigenvalue weighted by Gasteiger charge is -2.36. The Morgan fingerprint density at radius 2 is 1.65 bits per heavy atom. The van der Waals surface area contributed by atoms with Gasteiger partial charge in [0.15, 0.2) is 11.5 Å². The fourth-order valence-corrected chi connectivity index (χ4v) is 4.66. The fraction of sp³-hybridized carbons (Fsp3) is 0.364. The van der Waals surface area contributed by atoms with Crippen molar-refractivity contribution in [2.75, 3.05) is 44.6 Å². The molecule has 2 heterocycles. The lowest BCUT2D eigenvalue weighted by molar-refractivity contribution is -0.143. The molecule has 2 aromatic rings. The number of carbonyl (C=O) groups is 2. The number of sulfone groups is 1. The Morgan fingerprint density at radius 1 is 1.00 bits per heavy atom. The second-order valence-electron chi connectivity index (χ2n) is 7.82. The number of nitrogens with zero attached hydrogens (tertiary/aromatic N) is 2. The molecule has 0 aromatic heterocycles. The number of para-hydroxylation sites is 3. The third-order valence-corrected chi connectivity index (χ3v) is 6.98. The van der Waals surface area contributed by atoms with E-state index in [1.807, 2.05) is 6.07 Å². The van der Waals surface area contributed by atoms with E-state index in [2.05, 4.69) is 5.32 Å². The topological polar surface area (TPSA) is 105 Å². The van der Waals surface area contributed by atoms with Crippen molar-refractivity contribution in [1.82, 2.24) is 9.80 Å². The molecule has 1 N–H and O–H groups in total. The maximum atomic E-state index is 12.9. The van der Waals surface area contributed by atoms with Gasteiger partial charge in [0.2, 0.25) is 21.8 Å². The number of nitrogens with one attached hydrogen (secondary N) is 1. The first-order valence-electron chi connectivity index (χ1n) is 10.6. The number of rotatable bonds is 6. The maximum absolute atomic E-state index is 12.9. The number of hydrogen-bond donors (Lipinski definition) is 1. The van der Waals surface area contributed by atoms with Gasteiger partial charge in [-0.2, -0.15) is 8.78 Å². The molecule has 1 atom stereocenters. The summed E-state index contributed by atoms with van der Waals surface area (Å²) < 4.78 is 61.0. The molecule has 0 aliphatic carbocycles. The van der Waals surface area contributed by atoms with Crippen LogP contribution in [-0.4, -0.2) is 81.2 Å². The molecule has 2 amide bonds. The smallest absolute Gasteiger partial charge is 0.341 e. The lowest BCUT2D eigenvalue weighted by atomic mass is 10.2. The number of alkyl halides is 2. The fourth-order valence-electron chi connectivity index (χ4n) is 3.78. The highest BCUT2D eigenvalue weighted by Crippen LogP contribution is 2.31. The maximum Gasteiger partial charge on any atom is 0.341 e. The highest BCUT2D eigenvalue weighted by molar-refractivity contribution is 7.91. The van der Waals surface area contributed by atoms with Crippen LogP contribution < -0.4 is 14.8 Å². The van der Waals surface area contributed by atoms with Crippen LogP contribution >= 0.6 is 0 Å². The molecule has 0 spiro atoms. The van der Waals surface area contributed by atoms with Crippen molar-refractivity contribution in [2.45, 2.75) is 16.8 Å². The Morgan fingerprint density at radius 3 is 2.35 bits per heavy atom. The zero-order valence-corrected chi connectivity index (χ0v) is 18.8. The van der Waals surface area contributed by atoms with Crippen molar-refractivity contribution in [1.29, 1.82) is 0 Å². The lowest BCUT2D eigenvalue weighted by Crippen LogP contribution is -2.54. The predicted molar refractivity (Wildman–Crippen MR) is 118 cm³/mol. The van der Waals surface area contributed by atoms with Crippen LogP contribution in [0.1, 0.15) is 0 Å². The first-order chi connectivity index (χ1) is 16.3. The molecule has 182 valence electrons.